The lowest BCUT2D eigenvalue weighted by Crippen LogP contribution is -2.43. The van der Waals surface area contributed by atoms with Crippen LogP contribution in [0.5, 0.6) is 0 Å². The van der Waals surface area contributed by atoms with E-state index in [2.05, 4.69) is 34.1 Å². The standard InChI is InChI=1S/C27H28F2N2O/c28-22-6-10-24(11-7-22)31(25-12-8-23(29)9-13-25)17-3-16-30-18-14-27(15-19-30)26-5-2-1-4-21(26)20-32-27/h1-2,4-13H,3,14-20H2. The molecule has 1 fully saturated rings. The number of likely N-dealkylation sites (tertiary alicyclic amines) is 1. The summed E-state index contributed by atoms with van der Waals surface area (Å²) in [6.07, 6.45) is 2.99. The topological polar surface area (TPSA) is 15.7 Å². The van der Waals surface area contributed by atoms with E-state index < -0.39 is 0 Å². The van der Waals surface area contributed by atoms with Crippen LogP contribution in [0.2, 0.25) is 0 Å². The Bertz CT molecular complexity index is 999. The Balaban J connectivity index is 1.21. The van der Waals surface area contributed by atoms with Gasteiger partial charge in [0.25, 0.3) is 0 Å². The van der Waals surface area contributed by atoms with E-state index in [9.17, 15) is 8.78 Å². The summed E-state index contributed by atoms with van der Waals surface area (Å²) in [6, 6.07) is 21.6. The summed E-state index contributed by atoms with van der Waals surface area (Å²) in [7, 11) is 0. The van der Waals surface area contributed by atoms with E-state index in [0.29, 0.717) is 0 Å². The Labute approximate surface area is 188 Å². The lowest BCUT2D eigenvalue weighted by molar-refractivity contribution is -0.0787. The van der Waals surface area contributed by atoms with Crippen LogP contribution in [-0.4, -0.2) is 31.1 Å². The largest absolute Gasteiger partial charge is 0.365 e. The summed E-state index contributed by atoms with van der Waals surface area (Å²) in [4.78, 5) is 4.63. The highest BCUT2D eigenvalue weighted by Crippen LogP contribution is 2.44. The maximum atomic E-state index is 13.4. The summed E-state index contributed by atoms with van der Waals surface area (Å²) in [6.45, 7) is 4.51. The first-order chi connectivity index (χ1) is 15.6. The van der Waals surface area contributed by atoms with E-state index in [1.165, 1.54) is 35.4 Å². The van der Waals surface area contributed by atoms with Crippen molar-refractivity contribution in [2.75, 3.05) is 31.1 Å². The molecule has 5 rings (SSSR count). The highest BCUT2D eigenvalue weighted by Gasteiger charge is 2.42. The predicted molar refractivity (Wildman–Crippen MR) is 123 cm³/mol. The summed E-state index contributed by atoms with van der Waals surface area (Å²) < 4.78 is 33.1. The lowest BCUT2D eigenvalue weighted by Gasteiger charge is -2.39. The van der Waals surface area contributed by atoms with Gasteiger partial charge in [-0.2, -0.15) is 0 Å². The Hall–Kier alpha value is -2.76. The number of nitrogens with zero attached hydrogens (tertiary/aromatic N) is 2. The van der Waals surface area contributed by atoms with Gasteiger partial charge in [-0.1, -0.05) is 24.3 Å². The van der Waals surface area contributed by atoms with Crippen LogP contribution in [-0.2, 0) is 16.9 Å². The third kappa shape index (κ3) is 4.27. The molecular formula is C27H28F2N2O. The number of hydrogen-bond acceptors (Lipinski definition) is 3. The maximum Gasteiger partial charge on any atom is 0.123 e. The molecule has 32 heavy (non-hydrogen) atoms. The second kappa shape index (κ2) is 9.00. The molecule has 0 atom stereocenters. The molecule has 166 valence electrons. The number of hydrogen-bond donors (Lipinski definition) is 0. The Kier molecular flexibility index (Phi) is 5.94. The van der Waals surface area contributed by atoms with Gasteiger partial charge in [0.15, 0.2) is 0 Å². The van der Waals surface area contributed by atoms with Crippen molar-refractivity contribution >= 4 is 11.4 Å². The lowest BCUT2D eigenvalue weighted by atomic mass is 9.84. The molecule has 0 unspecified atom stereocenters. The van der Waals surface area contributed by atoms with Gasteiger partial charge in [-0.25, -0.2) is 8.78 Å². The first kappa shape index (κ1) is 21.1. The van der Waals surface area contributed by atoms with Crippen LogP contribution < -0.4 is 4.90 Å². The third-order valence-electron chi connectivity index (χ3n) is 6.81. The fourth-order valence-electron chi connectivity index (χ4n) is 5.04. The number of halogens is 2. The normalized spacial score (nSPS) is 17.4. The van der Waals surface area contributed by atoms with Gasteiger partial charge in [0.1, 0.15) is 11.6 Å². The molecule has 1 saturated heterocycles. The fraction of sp³-hybridized carbons (Fsp3) is 0.333. The van der Waals surface area contributed by atoms with Crippen molar-refractivity contribution in [2.45, 2.75) is 31.5 Å². The van der Waals surface area contributed by atoms with Gasteiger partial charge in [-0.15, -0.1) is 0 Å². The molecule has 0 aliphatic carbocycles. The molecule has 2 aliphatic rings. The third-order valence-corrected chi connectivity index (χ3v) is 6.81. The number of anilines is 2. The van der Waals surface area contributed by atoms with Gasteiger partial charge < -0.3 is 14.5 Å². The molecule has 1 spiro atoms. The molecule has 0 aromatic heterocycles. The van der Waals surface area contributed by atoms with Crippen molar-refractivity contribution in [3.63, 3.8) is 0 Å². The fourth-order valence-corrected chi connectivity index (χ4v) is 5.04. The van der Waals surface area contributed by atoms with Crippen molar-refractivity contribution < 1.29 is 13.5 Å². The first-order valence-electron chi connectivity index (χ1n) is 11.4. The maximum absolute atomic E-state index is 13.4. The summed E-state index contributed by atoms with van der Waals surface area (Å²) in [5.41, 5.74) is 4.41. The molecule has 3 aromatic rings. The van der Waals surface area contributed by atoms with Crippen LogP contribution >= 0.6 is 0 Å². The quantitative estimate of drug-likeness (QED) is 0.472. The molecule has 0 saturated carbocycles. The van der Waals surface area contributed by atoms with Gasteiger partial charge in [-0.05, 0) is 85.5 Å². The number of benzene rings is 3. The van der Waals surface area contributed by atoms with Gasteiger partial charge >= 0.3 is 0 Å². The van der Waals surface area contributed by atoms with Crippen LogP contribution in [0.1, 0.15) is 30.4 Å². The summed E-state index contributed by atoms with van der Waals surface area (Å²) in [5.74, 6) is -0.517. The van der Waals surface area contributed by atoms with E-state index in [-0.39, 0.29) is 17.2 Å². The Morgan fingerprint density at radius 3 is 2.03 bits per heavy atom. The molecule has 0 bridgehead atoms. The Morgan fingerprint density at radius 1 is 0.812 bits per heavy atom. The molecule has 0 radical (unpaired) electrons. The highest BCUT2D eigenvalue weighted by atomic mass is 19.1. The van der Waals surface area contributed by atoms with Crippen LogP contribution in [0.15, 0.2) is 72.8 Å². The Morgan fingerprint density at radius 2 is 1.41 bits per heavy atom. The minimum absolute atomic E-state index is 0.110. The van der Waals surface area contributed by atoms with Crippen LogP contribution in [0.25, 0.3) is 0 Å². The molecule has 5 heteroatoms. The predicted octanol–water partition coefficient (Wildman–Crippen LogP) is 6.01. The van der Waals surface area contributed by atoms with Crippen LogP contribution in [0, 0.1) is 11.6 Å². The average Bonchev–Trinajstić information content (AvgIpc) is 3.18. The zero-order valence-corrected chi connectivity index (χ0v) is 18.1. The van der Waals surface area contributed by atoms with Crippen LogP contribution in [0.3, 0.4) is 0 Å². The first-order valence-corrected chi connectivity index (χ1v) is 11.4. The number of piperidine rings is 1. The zero-order chi connectivity index (χ0) is 22.0. The minimum Gasteiger partial charge on any atom is -0.365 e. The molecule has 0 amide bonds. The summed E-state index contributed by atoms with van der Waals surface area (Å²) >= 11 is 0. The number of fused-ring (bicyclic) bond motifs is 2. The second-order valence-electron chi connectivity index (χ2n) is 8.74. The summed E-state index contributed by atoms with van der Waals surface area (Å²) in [5, 5.41) is 0. The monoisotopic (exact) mass is 434 g/mol. The molecule has 2 heterocycles. The molecule has 2 aliphatic heterocycles. The van der Waals surface area contributed by atoms with Crippen LogP contribution in [0.4, 0.5) is 20.2 Å². The van der Waals surface area contributed by atoms with E-state index >= 15 is 0 Å². The number of ether oxygens (including phenoxy) is 1. The molecule has 3 aromatic carbocycles. The van der Waals surface area contributed by atoms with E-state index in [1.807, 2.05) is 0 Å². The smallest absolute Gasteiger partial charge is 0.123 e. The SMILES string of the molecule is Fc1ccc(N(CCCN2CCC3(CC2)OCc2ccccc23)c2ccc(F)cc2)cc1. The minimum atomic E-state index is -0.259. The van der Waals surface area contributed by atoms with Gasteiger partial charge in [-0.3, -0.25) is 0 Å². The molecule has 0 N–H and O–H groups in total. The van der Waals surface area contributed by atoms with Crippen molar-refractivity contribution in [3.8, 4) is 0 Å². The van der Waals surface area contributed by atoms with Gasteiger partial charge in [0.2, 0.25) is 0 Å². The van der Waals surface area contributed by atoms with Crippen molar-refractivity contribution in [1.82, 2.24) is 4.90 Å². The highest BCUT2D eigenvalue weighted by molar-refractivity contribution is 5.63. The zero-order valence-electron chi connectivity index (χ0n) is 18.1. The average molecular weight is 435 g/mol. The van der Waals surface area contributed by atoms with E-state index in [0.717, 1.165) is 63.4 Å². The molecule has 3 nitrogen and oxygen atoms in total. The van der Waals surface area contributed by atoms with Gasteiger partial charge in [0.05, 0.1) is 12.2 Å². The molecular weight excluding hydrogens is 406 g/mol. The van der Waals surface area contributed by atoms with Crippen molar-refractivity contribution in [2.24, 2.45) is 0 Å². The number of rotatable bonds is 6. The second-order valence-corrected chi connectivity index (χ2v) is 8.74. The van der Waals surface area contributed by atoms with E-state index in [1.54, 1.807) is 24.3 Å². The van der Waals surface area contributed by atoms with Crippen molar-refractivity contribution in [3.05, 3.63) is 95.6 Å². The van der Waals surface area contributed by atoms with Crippen molar-refractivity contribution in [1.29, 1.82) is 0 Å². The van der Waals surface area contributed by atoms with Gasteiger partial charge in [0, 0.05) is 31.0 Å². The van der Waals surface area contributed by atoms with E-state index in [4.69, 9.17) is 4.74 Å².